The van der Waals surface area contributed by atoms with Crippen LogP contribution in [0.15, 0.2) is 18.3 Å². The number of ether oxygens (including phenoxy) is 2. The Hall–Kier alpha value is -1.13. The molecule has 0 aromatic carbocycles. The highest BCUT2D eigenvalue weighted by Gasteiger charge is 2.04. The van der Waals surface area contributed by atoms with E-state index in [1.807, 2.05) is 25.3 Å². The molecule has 4 nitrogen and oxygen atoms in total. The number of aromatic nitrogens is 1. The zero-order chi connectivity index (χ0) is 13.4. The maximum absolute atomic E-state index is 5.60. The lowest BCUT2D eigenvalue weighted by molar-refractivity contribution is 0.0889. The maximum atomic E-state index is 5.60. The number of hydrogen-bond acceptors (Lipinski definition) is 4. The van der Waals surface area contributed by atoms with Gasteiger partial charge in [0.1, 0.15) is 6.10 Å². The van der Waals surface area contributed by atoms with Crippen LogP contribution in [0.5, 0.6) is 5.88 Å². The van der Waals surface area contributed by atoms with Crippen LogP contribution in [0.2, 0.25) is 0 Å². The lowest BCUT2D eigenvalue weighted by Gasteiger charge is -2.13. The summed E-state index contributed by atoms with van der Waals surface area (Å²) in [7, 11) is 1.66. The first-order valence-electron chi connectivity index (χ1n) is 6.43. The molecule has 18 heavy (non-hydrogen) atoms. The summed E-state index contributed by atoms with van der Waals surface area (Å²) in [4.78, 5) is 4.28. The highest BCUT2D eigenvalue weighted by molar-refractivity contribution is 5.17. The van der Waals surface area contributed by atoms with Crippen molar-refractivity contribution in [3.63, 3.8) is 0 Å². The van der Waals surface area contributed by atoms with Gasteiger partial charge in [-0.05, 0) is 24.9 Å². The molecule has 0 saturated heterocycles. The Bertz CT molecular complexity index is 325. The van der Waals surface area contributed by atoms with Gasteiger partial charge in [-0.15, -0.1) is 0 Å². The molecule has 0 amide bonds. The van der Waals surface area contributed by atoms with Crippen LogP contribution in [0.1, 0.15) is 26.3 Å². The Balaban J connectivity index is 2.37. The monoisotopic (exact) mass is 252 g/mol. The molecule has 1 aromatic heterocycles. The van der Waals surface area contributed by atoms with E-state index in [2.05, 4.69) is 24.1 Å². The van der Waals surface area contributed by atoms with E-state index in [0.717, 1.165) is 13.1 Å². The van der Waals surface area contributed by atoms with Crippen LogP contribution in [-0.4, -0.2) is 31.3 Å². The number of rotatable bonds is 8. The first kappa shape index (κ1) is 14.9. The Morgan fingerprint density at radius 1 is 1.28 bits per heavy atom. The third-order valence-electron chi connectivity index (χ3n) is 2.40. The number of nitrogens with zero attached hydrogens (tertiary/aromatic N) is 1. The minimum atomic E-state index is 0.0208. The van der Waals surface area contributed by atoms with Crippen molar-refractivity contribution in [1.82, 2.24) is 10.3 Å². The fourth-order valence-corrected chi connectivity index (χ4v) is 1.57. The van der Waals surface area contributed by atoms with Gasteiger partial charge in [0.25, 0.3) is 0 Å². The fraction of sp³-hybridized carbons (Fsp3) is 0.643. The average molecular weight is 252 g/mol. The van der Waals surface area contributed by atoms with E-state index in [1.165, 1.54) is 5.56 Å². The van der Waals surface area contributed by atoms with E-state index in [9.17, 15) is 0 Å². The van der Waals surface area contributed by atoms with Gasteiger partial charge in [-0.25, -0.2) is 4.98 Å². The second kappa shape index (κ2) is 8.06. The largest absolute Gasteiger partial charge is 0.472 e. The topological polar surface area (TPSA) is 43.4 Å². The highest BCUT2D eigenvalue weighted by atomic mass is 16.5. The molecule has 1 rings (SSSR count). The van der Waals surface area contributed by atoms with Gasteiger partial charge in [-0.2, -0.15) is 0 Å². The van der Waals surface area contributed by atoms with E-state index in [4.69, 9.17) is 9.47 Å². The summed E-state index contributed by atoms with van der Waals surface area (Å²) in [6, 6.07) is 3.94. The van der Waals surface area contributed by atoms with E-state index in [1.54, 1.807) is 7.11 Å². The van der Waals surface area contributed by atoms with Crippen molar-refractivity contribution in [3.05, 3.63) is 23.9 Å². The predicted molar refractivity (Wildman–Crippen MR) is 72.7 cm³/mol. The quantitative estimate of drug-likeness (QED) is 0.770. The Labute approximate surface area is 110 Å². The molecular weight excluding hydrogens is 228 g/mol. The SMILES string of the molecule is COCC(C)Oc1ccc(CNCC(C)C)cn1. The predicted octanol–water partition coefficient (Wildman–Crippen LogP) is 2.24. The molecule has 0 aliphatic heterocycles. The first-order chi connectivity index (χ1) is 8.61. The summed E-state index contributed by atoms with van der Waals surface area (Å²) in [5.74, 6) is 1.31. The number of methoxy groups -OCH3 is 1. The summed E-state index contributed by atoms with van der Waals surface area (Å²) in [5.41, 5.74) is 1.17. The molecule has 0 spiro atoms. The van der Waals surface area contributed by atoms with Crippen molar-refractivity contribution in [1.29, 1.82) is 0 Å². The molecule has 0 radical (unpaired) electrons. The molecule has 0 saturated carbocycles. The van der Waals surface area contributed by atoms with Gasteiger partial charge in [0, 0.05) is 25.9 Å². The standard InChI is InChI=1S/C14H24N2O2/c1-11(2)7-15-8-13-5-6-14(16-9-13)18-12(3)10-17-4/h5-6,9,11-12,15H,7-8,10H2,1-4H3. The van der Waals surface area contributed by atoms with Gasteiger partial charge in [-0.1, -0.05) is 19.9 Å². The normalized spacial score (nSPS) is 12.7. The van der Waals surface area contributed by atoms with Crippen molar-refractivity contribution in [2.45, 2.75) is 33.4 Å². The molecule has 0 aliphatic rings. The maximum Gasteiger partial charge on any atom is 0.213 e. The lowest BCUT2D eigenvalue weighted by atomic mass is 10.2. The van der Waals surface area contributed by atoms with Gasteiger partial charge < -0.3 is 14.8 Å². The third-order valence-corrected chi connectivity index (χ3v) is 2.40. The van der Waals surface area contributed by atoms with Crippen LogP contribution >= 0.6 is 0 Å². The molecule has 0 aliphatic carbocycles. The van der Waals surface area contributed by atoms with Gasteiger partial charge in [0.15, 0.2) is 0 Å². The highest BCUT2D eigenvalue weighted by Crippen LogP contribution is 2.09. The van der Waals surface area contributed by atoms with E-state index >= 15 is 0 Å². The van der Waals surface area contributed by atoms with Crippen molar-refractivity contribution >= 4 is 0 Å². The van der Waals surface area contributed by atoms with Crippen molar-refractivity contribution in [2.24, 2.45) is 5.92 Å². The van der Waals surface area contributed by atoms with E-state index in [0.29, 0.717) is 18.4 Å². The molecule has 1 atom stereocenters. The summed E-state index contributed by atoms with van der Waals surface area (Å²) >= 11 is 0. The molecule has 0 bridgehead atoms. The second-order valence-electron chi connectivity index (χ2n) is 4.91. The van der Waals surface area contributed by atoms with Crippen LogP contribution in [0.3, 0.4) is 0 Å². The van der Waals surface area contributed by atoms with Crippen LogP contribution in [0.25, 0.3) is 0 Å². The minimum Gasteiger partial charge on any atom is -0.472 e. The molecular formula is C14H24N2O2. The summed E-state index contributed by atoms with van der Waals surface area (Å²) in [6.07, 6.45) is 1.87. The van der Waals surface area contributed by atoms with Crippen molar-refractivity contribution in [3.8, 4) is 5.88 Å². The number of hydrogen-bond donors (Lipinski definition) is 1. The summed E-state index contributed by atoms with van der Waals surface area (Å²) in [5, 5.41) is 3.38. The molecule has 4 heteroatoms. The molecule has 1 aromatic rings. The summed E-state index contributed by atoms with van der Waals surface area (Å²) in [6.45, 7) is 8.78. The Kier molecular flexibility index (Phi) is 6.68. The average Bonchev–Trinajstić information content (AvgIpc) is 2.31. The number of pyridine rings is 1. The van der Waals surface area contributed by atoms with E-state index < -0.39 is 0 Å². The van der Waals surface area contributed by atoms with Crippen LogP contribution in [0, 0.1) is 5.92 Å². The van der Waals surface area contributed by atoms with Crippen molar-refractivity contribution in [2.75, 3.05) is 20.3 Å². The fourth-order valence-electron chi connectivity index (χ4n) is 1.57. The molecule has 1 N–H and O–H groups in total. The zero-order valence-corrected chi connectivity index (χ0v) is 11.8. The lowest BCUT2D eigenvalue weighted by Crippen LogP contribution is -2.20. The first-order valence-corrected chi connectivity index (χ1v) is 6.43. The smallest absolute Gasteiger partial charge is 0.213 e. The molecule has 0 fully saturated rings. The molecule has 1 heterocycles. The Morgan fingerprint density at radius 2 is 2.06 bits per heavy atom. The zero-order valence-electron chi connectivity index (χ0n) is 11.8. The second-order valence-corrected chi connectivity index (χ2v) is 4.91. The molecule has 1 unspecified atom stereocenters. The van der Waals surface area contributed by atoms with Crippen molar-refractivity contribution < 1.29 is 9.47 Å². The summed E-state index contributed by atoms with van der Waals surface area (Å²) < 4.78 is 10.6. The minimum absolute atomic E-state index is 0.0208. The van der Waals surface area contributed by atoms with Gasteiger partial charge in [0.05, 0.1) is 6.61 Å². The van der Waals surface area contributed by atoms with Crippen LogP contribution in [-0.2, 0) is 11.3 Å². The molecule has 102 valence electrons. The van der Waals surface area contributed by atoms with Crippen LogP contribution in [0.4, 0.5) is 0 Å². The van der Waals surface area contributed by atoms with Gasteiger partial charge in [0.2, 0.25) is 5.88 Å². The third kappa shape index (κ3) is 5.98. The number of nitrogens with one attached hydrogen (secondary N) is 1. The van der Waals surface area contributed by atoms with E-state index in [-0.39, 0.29) is 6.10 Å². The van der Waals surface area contributed by atoms with Gasteiger partial charge in [-0.3, -0.25) is 0 Å². The van der Waals surface area contributed by atoms with Gasteiger partial charge >= 0.3 is 0 Å². The van der Waals surface area contributed by atoms with Crippen LogP contribution < -0.4 is 10.1 Å². The Morgan fingerprint density at radius 3 is 2.61 bits per heavy atom.